The Morgan fingerprint density at radius 1 is 1.18 bits per heavy atom. The highest BCUT2D eigenvalue weighted by Gasteiger charge is 2.12. The van der Waals surface area contributed by atoms with Gasteiger partial charge in [0.25, 0.3) is 0 Å². The van der Waals surface area contributed by atoms with E-state index in [4.69, 9.17) is 15.2 Å². The molecule has 0 bridgehead atoms. The number of anilines is 1. The Hall–Kier alpha value is -2.49. The van der Waals surface area contributed by atoms with Crippen LogP contribution in [0.1, 0.15) is 35.3 Å². The maximum atomic E-state index is 11.8. The highest BCUT2D eigenvalue weighted by molar-refractivity contribution is 5.91. The Bertz CT molecular complexity index is 665. The molecule has 4 nitrogen and oxygen atoms in total. The van der Waals surface area contributed by atoms with Crippen molar-refractivity contribution in [2.75, 3.05) is 5.73 Å². The monoisotopic (exact) mass is 299 g/mol. The summed E-state index contributed by atoms with van der Waals surface area (Å²) in [6.07, 6.45) is -0.161. The van der Waals surface area contributed by atoms with Crippen molar-refractivity contribution in [1.29, 1.82) is 0 Å². The lowest BCUT2D eigenvalue weighted by molar-refractivity contribution is 0.0378. The van der Waals surface area contributed by atoms with E-state index in [1.807, 2.05) is 31.2 Å². The molecule has 0 fully saturated rings. The van der Waals surface area contributed by atoms with E-state index in [1.54, 1.807) is 32.0 Å². The molecule has 0 aliphatic rings. The molecular formula is C18H21NO3. The number of nitrogen functional groups attached to an aromatic ring is 1. The first-order valence-corrected chi connectivity index (χ1v) is 7.25. The van der Waals surface area contributed by atoms with Crippen LogP contribution < -0.4 is 10.5 Å². The normalized spacial score (nSPS) is 10.5. The summed E-state index contributed by atoms with van der Waals surface area (Å²) in [5, 5.41) is 0. The highest BCUT2D eigenvalue weighted by atomic mass is 16.5. The predicted octanol–water partition coefficient (Wildman–Crippen LogP) is 3.72. The van der Waals surface area contributed by atoms with Gasteiger partial charge < -0.3 is 15.2 Å². The van der Waals surface area contributed by atoms with E-state index in [1.165, 1.54) is 5.56 Å². The van der Waals surface area contributed by atoms with Crippen LogP contribution >= 0.6 is 0 Å². The van der Waals surface area contributed by atoms with E-state index >= 15 is 0 Å². The van der Waals surface area contributed by atoms with Crippen molar-refractivity contribution in [2.45, 2.75) is 33.5 Å². The van der Waals surface area contributed by atoms with Gasteiger partial charge in [-0.3, -0.25) is 0 Å². The first kappa shape index (κ1) is 15.9. The summed E-state index contributed by atoms with van der Waals surface area (Å²) in [5.41, 5.74) is 9.07. The van der Waals surface area contributed by atoms with Gasteiger partial charge in [-0.2, -0.15) is 0 Å². The van der Waals surface area contributed by atoms with Crippen LogP contribution in [-0.4, -0.2) is 12.1 Å². The summed E-state index contributed by atoms with van der Waals surface area (Å²) < 4.78 is 10.9. The minimum atomic E-state index is -0.382. The van der Waals surface area contributed by atoms with Gasteiger partial charge in [0.15, 0.2) is 0 Å². The van der Waals surface area contributed by atoms with Crippen LogP contribution in [0.5, 0.6) is 5.75 Å². The molecule has 0 atom stereocenters. The number of hydrogen-bond acceptors (Lipinski definition) is 4. The van der Waals surface area contributed by atoms with Gasteiger partial charge in [-0.05, 0) is 50.1 Å². The third-order valence-corrected chi connectivity index (χ3v) is 3.23. The lowest BCUT2D eigenvalue weighted by atomic mass is 10.1. The number of carbonyl (C=O) groups excluding carboxylic acids is 1. The van der Waals surface area contributed by atoms with Gasteiger partial charge in [-0.25, -0.2) is 4.79 Å². The molecule has 2 N–H and O–H groups in total. The SMILES string of the molecule is Cc1ccccc1COc1ccc(C(=O)OC(C)C)cc1N. The van der Waals surface area contributed by atoms with Crippen LogP contribution in [0, 0.1) is 6.92 Å². The molecule has 2 rings (SSSR count). The first-order valence-electron chi connectivity index (χ1n) is 7.25. The summed E-state index contributed by atoms with van der Waals surface area (Å²) in [6, 6.07) is 13.0. The fourth-order valence-corrected chi connectivity index (χ4v) is 2.02. The average Bonchev–Trinajstić information content (AvgIpc) is 2.46. The van der Waals surface area contributed by atoms with Crippen LogP contribution in [0.2, 0.25) is 0 Å². The van der Waals surface area contributed by atoms with Crippen molar-refractivity contribution in [1.82, 2.24) is 0 Å². The smallest absolute Gasteiger partial charge is 0.338 e. The third kappa shape index (κ3) is 4.01. The van der Waals surface area contributed by atoms with E-state index in [9.17, 15) is 4.79 Å². The number of hydrogen-bond donors (Lipinski definition) is 1. The second kappa shape index (κ2) is 6.98. The van der Waals surface area contributed by atoms with E-state index in [2.05, 4.69) is 0 Å². The molecule has 0 aliphatic heterocycles. The second-order valence-electron chi connectivity index (χ2n) is 5.42. The Morgan fingerprint density at radius 3 is 2.55 bits per heavy atom. The number of esters is 1. The molecule has 2 aromatic carbocycles. The molecule has 0 aromatic heterocycles. The second-order valence-corrected chi connectivity index (χ2v) is 5.42. The third-order valence-electron chi connectivity index (χ3n) is 3.23. The molecule has 0 heterocycles. The molecule has 0 unspecified atom stereocenters. The quantitative estimate of drug-likeness (QED) is 0.675. The van der Waals surface area contributed by atoms with Gasteiger partial charge in [0.2, 0.25) is 0 Å². The summed E-state index contributed by atoms with van der Waals surface area (Å²) >= 11 is 0. The van der Waals surface area contributed by atoms with Crippen molar-refractivity contribution < 1.29 is 14.3 Å². The minimum absolute atomic E-state index is 0.161. The average molecular weight is 299 g/mol. The number of aryl methyl sites for hydroxylation is 1. The van der Waals surface area contributed by atoms with Crippen molar-refractivity contribution in [3.8, 4) is 5.75 Å². The summed E-state index contributed by atoms with van der Waals surface area (Å²) in [5.74, 6) is 0.177. The van der Waals surface area contributed by atoms with Crippen LogP contribution in [0.15, 0.2) is 42.5 Å². The number of rotatable bonds is 5. The van der Waals surface area contributed by atoms with Gasteiger partial charge >= 0.3 is 5.97 Å². The van der Waals surface area contributed by atoms with Gasteiger partial charge in [0, 0.05) is 0 Å². The standard InChI is InChI=1S/C18H21NO3/c1-12(2)22-18(20)14-8-9-17(16(19)10-14)21-11-15-7-5-4-6-13(15)3/h4-10,12H,11,19H2,1-3H3. The fraction of sp³-hybridized carbons (Fsp3) is 0.278. The molecule has 0 amide bonds. The van der Waals surface area contributed by atoms with Crippen molar-refractivity contribution in [3.63, 3.8) is 0 Å². The molecule has 0 spiro atoms. The Balaban J connectivity index is 2.07. The van der Waals surface area contributed by atoms with E-state index in [-0.39, 0.29) is 12.1 Å². The maximum Gasteiger partial charge on any atom is 0.338 e. The topological polar surface area (TPSA) is 61.5 Å². The summed E-state index contributed by atoms with van der Waals surface area (Å²) in [6.45, 7) is 6.08. The largest absolute Gasteiger partial charge is 0.487 e. The lowest BCUT2D eigenvalue weighted by Gasteiger charge is -2.12. The molecule has 4 heteroatoms. The summed E-state index contributed by atoms with van der Waals surface area (Å²) in [4.78, 5) is 11.8. The Morgan fingerprint density at radius 2 is 1.91 bits per heavy atom. The predicted molar refractivity (Wildman–Crippen MR) is 86.9 cm³/mol. The molecule has 0 aliphatic carbocycles. The highest BCUT2D eigenvalue weighted by Crippen LogP contribution is 2.24. The molecule has 2 aromatic rings. The Kier molecular flexibility index (Phi) is 5.04. The zero-order valence-corrected chi connectivity index (χ0v) is 13.1. The summed E-state index contributed by atoms with van der Waals surface area (Å²) in [7, 11) is 0. The maximum absolute atomic E-state index is 11.8. The van der Waals surface area contributed by atoms with Crippen LogP contribution in [0.3, 0.4) is 0 Å². The molecule has 0 saturated heterocycles. The van der Waals surface area contributed by atoms with Crippen LogP contribution in [0.4, 0.5) is 5.69 Å². The Labute approximate surface area is 130 Å². The van der Waals surface area contributed by atoms with E-state index < -0.39 is 0 Å². The van der Waals surface area contributed by atoms with E-state index in [0.29, 0.717) is 23.6 Å². The molecule has 22 heavy (non-hydrogen) atoms. The zero-order chi connectivity index (χ0) is 16.1. The number of nitrogens with two attached hydrogens (primary N) is 1. The molecule has 116 valence electrons. The van der Waals surface area contributed by atoms with Gasteiger partial charge in [-0.1, -0.05) is 24.3 Å². The zero-order valence-electron chi connectivity index (χ0n) is 13.1. The lowest BCUT2D eigenvalue weighted by Crippen LogP contribution is -2.12. The fourth-order valence-electron chi connectivity index (χ4n) is 2.02. The molecular weight excluding hydrogens is 278 g/mol. The minimum Gasteiger partial charge on any atom is -0.487 e. The van der Waals surface area contributed by atoms with Crippen LogP contribution in [-0.2, 0) is 11.3 Å². The van der Waals surface area contributed by atoms with Crippen molar-refractivity contribution in [3.05, 3.63) is 59.2 Å². The van der Waals surface area contributed by atoms with Crippen LogP contribution in [0.25, 0.3) is 0 Å². The number of carbonyl (C=O) groups is 1. The molecule has 0 radical (unpaired) electrons. The van der Waals surface area contributed by atoms with Gasteiger partial charge in [0.05, 0.1) is 17.4 Å². The van der Waals surface area contributed by atoms with Crippen molar-refractivity contribution in [2.24, 2.45) is 0 Å². The van der Waals surface area contributed by atoms with Crippen molar-refractivity contribution >= 4 is 11.7 Å². The van der Waals surface area contributed by atoms with Gasteiger partial charge in [-0.15, -0.1) is 0 Å². The first-order chi connectivity index (χ1) is 10.5. The number of ether oxygens (including phenoxy) is 2. The van der Waals surface area contributed by atoms with E-state index in [0.717, 1.165) is 5.56 Å². The number of benzene rings is 2. The van der Waals surface area contributed by atoms with Gasteiger partial charge in [0.1, 0.15) is 12.4 Å². The molecule has 0 saturated carbocycles.